The van der Waals surface area contributed by atoms with Crippen molar-refractivity contribution in [2.45, 2.75) is 32.6 Å². The van der Waals surface area contributed by atoms with Crippen molar-refractivity contribution < 1.29 is 9.53 Å². The van der Waals surface area contributed by atoms with Gasteiger partial charge in [0.1, 0.15) is 11.6 Å². The third-order valence-electron chi connectivity index (χ3n) is 4.65. The number of nitrogens with one attached hydrogen (secondary N) is 1. The van der Waals surface area contributed by atoms with Crippen molar-refractivity contribution in [1.29, 1.82) is 0 Å². The standard InChI is InChI=1S/C20H24ClN3O2/c1-14-11-17(18(26-2)12-16(14)21)23-19-8-7-15(13-22-19)20(25)24-9-5-3-4-6-10-24/h7-8,11-13H,3-6,9-10H2,1-2H3,(H,22,23). The maximum Gasteiger partial charge on any atom is 0.255 e. The van der Waals surface area contributed by atoms with Crippen molar-refractivity contribution >= 4 is 29.0 Å². The molecular formula is C20H24ClN3O2. The monoisotopic (exact) mass is 373 g/mol. The second-order valence-corrected chi connectivity index (χ2v) is 6.97. The summed E-state index contributed by atoms with van der Waals surface area (Å²) in [6.07, 6.45) is 6.19. The van der Waals surface area contributed by atoms with E-state index in [0.717, 1.165) is 37.2 Å². The fourth-order valence-electron chi connectivity index (χ4n) is 3.12. The van der Waals surface area contributed by atoms with Gasteiger partial charge in [0, 0.05) is 30.4 Å². The molecule has 1 N–H and O–H groups in total. The quantitative estimate of drug-likeness (QED) is 0.835. The lowest BCUT2D eigenvalue weighted by molar-refractivity contribution is 0.0761. The molecule has 2 aromatic rings. The summed E-state index contributed by atoms with van der Waals surface area (Å²) in [6, 6.07) is 7.32. The number of anilines is 2. The average molecular weight is 374 g/mol. The number of nitrogens with zero attached hydrogens (tertiary/aromatic N) is 2. The Morgan fingerprint density at radius 3 is 2.54 bits per heavy atom. The number of carbonyl (C=O) groups excluding carboxylic acids is 1. The van der Waals surface area contributed by atoms with Crippen LogP contribution in [0.2, 0.25) is 5.02 Å². The number of rotatable bonds is 4. The van der Waals surface area contributed by atoms with Crippen LogP contribution >= 0.6 is 11.6 Å². The molecule has 5 nitrogen and oxygen atoms in total. The lowest BCUT2D eigenvalue weighted by atomic mass is 10.2. The van der Waals surface area contributed by atoms with E-state index in [0.29, 0.717) is 22.2 Å². The van der Waals surface area contributed by atoms with Crippen LogP contribution in [0.1, 0.15) is 41.6 Å². The second-order valence-electron chi connectivity index (χ2n) is 6.57. The van der Waals surface area contributed by atoms with Crippen LogP contribution in [0.4, 0.5) is 11.5 Å². The van der Waals surface area contributed by atoms with Crippen LogP contribution in [0.5, 0.6) is 5.75 Å². The first-order valence-electron chi connectivity index (χ1n) is 8.95. The van der Waals surface area contributed by atoms with Gasteiger partial charge in [-0.25, -0.2) is 4.98 Å². The van der Waals surface area contributed by atoms with Gasteiger partial charge < -0.3 is 15.0 Å². The molecule has 1 saturated heterocycles. The van der Waals surface area contributed by atoms with E-state index in [1.807, 2.05) is 30.0 Å². The van der Waals surface area contributed by atoms with Crippen LogP contribution in [0.3, 0.4) is 0 Å². The second kappa shape index (κ2) is 8.41. The molecule has 0 spiro atoms. The van der Waals surface area contributed by atoms with Crippen molar-refractivity contribution in [2.75, 3.05) is 25.5 Å². The maximum absolute atomic E-state index is 12.6. The van der Waals surface area contributed by atoms with E-state index in [2.05, 4.69) is 10.3 Å². The maximum atomic E-state index is 12.6. The predicted molar refractivity (Wildman–Crippen MR) is 105 cm³/mol. The Morgan fingerprint density at radius 1 is 1.19 bits per heavy atom. The number of hydrogen-bond donors (Lipinski definition) is 1. The summed E-state index contributed by atoms with van der Waals surface area (Å²) in [6.45, 7) is 3.60. The molecule has 1 amide bonds. The zero-order valence-electron chi connectivity index (χ0n) is 15.2. The van der Waals surface area contributed by atoms with E-state index in [9.17, 15) is 4.79 Å². The van der Waals surface area contributed by atoms with Gasteiger partial charge in [0.2, 0.25) is 0 Å². The third kappa shape index (κ3) is 4.28. The summed E-state index contributed by atoms with van der Waals surface area (Å²) >= 11 is 6.14. The molecule has 26 heavy (non-hydrogen) atoms. The number of pyridine rings is 1. The minimum atomic E-state index is 0.0610. The van der Waals surface area contributed by atoms with Crippen molar-refractivity contribution in [1.82, 2.24) is 9.88 Å². The highest BCUT2D eigenvalue weighted by Gasteiger charge is 2.17. The minimum Gasteiger partial charge on any atom is -0.495 e. The molecule has 1 aromatic heterocycles. The Hall–Kier alpha value is -2.27. The molecule has 138 valence electrons. The molecule has 0 radical (unpaired) electrons. The van der Waals surface area contributed by atoms with Gasteiger partial charge >= 0.3 is 0 Å². The molecule has 0 unspecified atom stereocenters. The highest BCUT2D eigenvalue weighted by Crippen LogP contribution is 2.32. The first-order valence-corrected chi connectivity index (χ1v) is 9.33. The molecule has 1 aliphatic rings. The zero-order valence-corrected chi connectivity index (χ0v) is 16.0. The van der Waals surface area contributed by atoms with E-state index in [1.165, 1.54) is 12.8 Å². The van der Waals surface area contributed by atoms with Gasteiger partial charge in [0.15, 0.2) is 0 Å². The molecule has 3 rings (SSSR count). The van der Waals surface area contributed by atoms with Crippen molar-refractivity contribution in [3.63, 3.8) is 0 Å². The van der Waals surface area contributed by atoms with Gasteiger partial charge in [0.05, 0.1) is 18.4 Å². The highest BCUT2D eigenvalue weighted by atomic mass is 35.5. The van der Waals surface area contributed by atoms with Crippen LogP contribution in [0.25, 0.3) is 0 Å². The van der Waals surface area contributed by atoms with Gasteiger partial charge in [-0.05, 0) is 43.5 Å². The summed E-state index contributed by atoms with van der Waals surface area (Å²) in [5, 5.41) is 3.88. The first-order chi connectivity index (χ1) is 12.6. The lowest BCUT2D eigenvalue weighted by Gasteiger charge is -2.20. The van der Waals surface area contributed by atoms with Crippen molar-refractivity contribution in [3.8, 4) is 5.75 Å². The number of likely N-dealkylation sites (tertiary alicyclic amines) is 1. The number of aromatic nitrogens is 1. The molecule has 1 aliphatic heterocycles. The largest absolute Gasteiger partial charge is 0.495 e. The van der Waals surface area contributed by atoms with Gasteiger partial charge in [0.25, 0.3) is 5.91 Å². The Bertz CT molecular complexity index is 769. The van der Waals surface area contributed by atoms with Crippen LogP contribution < -0.4 is 10.1 Å². The van der Waals surface area contributed by atoms with Crippen LogP contribution in [0.15, 0.2) is 30.5 Å². The summed E-state index contributed by atoms with van der Waals surface area (Å²) in [7, 11) is 1.60. The third-order valence-corrected chi connectivity index (χ3v) is 5.05. The zero-order chi connectivity index (χ0) is 18.5. The molecule has 1 fully saturated rings. The normalized spacial score (nSPS) is 14.7. The number of ether oxygens (including phenoxy) is 1. The number of carbonyl (C=O) groups is 1. The molecule has 0 bridgehead atoms. The van der Waals surface area contributed by atoms with E-state index >= 15 is 0 Å². The van der Waals surface area contributed by atoms with Gasteiger partial charge in [-0.15, -0.1) is 0 Å². The Morgan fingerprint density at radius 2 is 1.92 bits per heavy atom. The number of hydrogen-bond acceptors (Lipinski definition) is 4. The number of halogens is 1. The number of methoxy groups -OCH3 is 1. The molecule has 2 heterocycles. The number of benzene rings is 1. The van der Waals surface area contributed by atoms with Gasteiger partial charge in [-0.1, -0.05) is 24.4 Å². The fourth-order valence-corrected chi connectivity index (χ4v) is 3.27. The summed E-state index contributed by atoms with van der Waals surface area (Å²) < 4.78 is 5.37. The number of aryl methyl sites for hydroxylation is 1. The summed E-state index contributed by atoms with van der Waals surface area (Å²) in [5.41, 5.74) is 2.35. The van der Waals surface area contributed by atoms with Crippen LogP contribution in [-0.2, 0) is 0 Å². The van der Waals surface area contributed by atoms with Crippen molar-refractivity contribution in [3.05, 3.63) is 46.6 Å². The Labute approximate surface area is 159 Å². The Balaban J connectivity index is 1.74. The first kappa shape index (κ1) is 18.5. The highest BCUT2D eigenvalue weighted by molar-refractivity contribution is 6.31. The van der Waals surface area contributed by atoms with E-state index in [-0.39, 0.29) is 5.91 Å². The smallest absolute Gasteiger partial charge is 0.255 e. The van der Waals surface area contributed by atoms with E-state index in [4.69, 9.17) is 16.3 Å². The summed E-state index contributed by atoms with van der Waals surface area (Å²) in [5.74, 6) is 1.36. The number of amides is 1. The molecule has 0 aliphatic carbocycles. The molecule has 6 heteroatoms. The van der Waals surface area contributed by atoms with E-state index < -0.39 is 0 Å². The molecule has 0 atom stereocenters. The Kier molecular flexibility index (Phi) is 5.99. The van der Waals surface area contributed by atoms with Crippen molar-refractivity contribution in [2.24, 2.45) is 0 Å². The molecule has 1 aromatic carbocycles. The van der Waals surface area contributed by atoms with Crippen LogP contribution in [-0.4, -0.2) is 36.0 Å². The van der Waals surface area contributed by atoms with E-state index in [1.54, 1.807) is 19.4 Å². The lowest BCUT2D eigenvalue weighted by Crippen LogP contribution is -2.31. The minimum absolute atomic E-state index is 0.0610. The van der Waals surface area contributed by atoms with Crippen LogP contribution in [0, 0.1) is 6.92 Å². The topological polar surface area (TPSA) is 54.5 Å². The molecule has 0 saturated carbocycles. The predicted octanol–water partition coefficient (Wildman–Crippen LogP) is 4.81. The van der Waals surface area contributed by atoms with Gasteiger partial charge in [-0.2, -0.15) is 0 Å². The summed E-state index contributed by atoms with van der Waals surface area (Å²) in [4.78, 5) is 19.0. The van der Waals surface area contributed by atoms with Gasteiger partial charge in [-0.3, -0.25) is 4.79 Å². The SMILES string of the molecule is COc1cc(Cl)c(C)cc1Nc1ccc(C(=O)N2CCCCCC2)cn1. The fraction of sp³-hybridized carbons (Fsp3) is 0.400. The molecular weight excluding hydrogens is 350 g/mol. The average Bonchev–Trinajstić information content (AvgIpc) is 2.94.